The highest BCUT2D eigenvalue weighted by molar-refractivity contribution is 6.30. The van der Waals surface area contributed by atoms with Gasteiger partial charge in [0.15, 0.2) is 0 Å². The summed E-state index contributed by atoms with van der Waals surface area (Å²) in [5.74, 6) is 0.267. The van der Waals surface area contributed by atoms with E-state index in [9.17, 15) is 4.79 Å². The Morgan fingerprint density at radius 3 is 2.54 bits per heavy atom. The van der Waals surface area contributed by atoms with Crippen LogP contribution in [0.1, 0.15) is 31.2 Å². The van der Waals surface area contributed by atoms with Gasteiger partial charge in [0, 0.05) is 25.0 Å². The molecule has 1 aromatic heterocycles. The molecule has 2 aliphatic heterocycles. The molecule has 0 bridgehead atoms. The molecule has 3 heterocycles. The summed E-state index contributed by atoms with van der Waals surface area (Å²) >= 11 is 5.96. The number of likely N-dealkylation sites (tertiary alicyclic amines) is 1. The molecule has 2 aromatic rings. The average molecular weight is 373 g/mol. The van der Waals surface area contributed by atoms with Gasteiger partial charge in [-0.3, -0.25) is 14.4 Å². The molecule has 1 atom stereocenters. The van der Waals surface area contributed by atoms with Crippen LogP contribution in [0.5, 0.6) is 0 Å². The van der Waals surface area contributed by atoms with Gasteiger partial charge < -0.3 is 4.90 Å². The van der Waals surface area contributed by atoms with Gasteiger partial charge in [-0.15, -0.1) is 0 Å². The summed E-state index contributed by atoms with van der Waals surface area (Å²) in [7, 11) is 0. The Morgan fingerprint density at radius 2 is 1.85 bits per heavy atom. The highest BCUT2D eigenvalue weighted by Gasteiger charge is 2.50. The lowest BCUT2D eigenvalue weighted by molar-refractivity contribution is -0.131. The molecule has 6 heteroatoms. The van der Waals surface area contributed by atoms with Gasteiger partial charge in [-0.2, -0.15) is 5.10 Å². The highest BCUT2D eigenvalue weighted by Crippen LogP contribution is 2.39. The van der Waals surface area contributed by atoms with E-state index in [0.717, 1.165) is 57.5 Å². The van der Waals surface area contributed by atoms with Gasteiger partial charge in [0.05, 0.1) is 17.8 Å². The van der Waals surface area contributed by atoms with E-state index in [1.807, 2.05) is 15.8 Å². The summed E-state index contributed by atoms with van der Waals surface area (Å²) in [5, 5.41) is 4.92. The predicted octanol–water partition coefficient (Wildman–Crippen LogP) is 3.51. The largest absolute Gasteiger partial charge is 0.311 e. The minimum Gasteiger partial charge on any atom is -0.311 e. The van der Waals surface area contributed by atoms with E-state index in [0.29, 0.717) is 5.02 Å². The van der Waals surface area contributed by atoms with E-state index in [2.05, 4.69) is 41.2 Å². The van der Waals surface area contributed by atoms with E-state index >= 15 is 0 Å². The fourth-order valence-electron chi connectivity index (χ4n) is 4.43. The standard InChI is InChI=1S/C20H25ClN4O/c1-16-4-6-18(7-5-16)25-11-3-9-20(19(25)26)8-2-10-23(20)12-13-24-15-17(21)14-22-24/h4-7,14-15H,2-3,8-13H2,1H3. The third kappa shape index (κ3) is 3.14. The number of halogens is 1. The number of benzene rings is 1. The van der Waals surface area contributed by atoms with Gasteiger partial charge >= 0.3 is 0 Å². The average Bonchev–Trinajstić information content (AvgIpc) is 3.23. The van der Waals surface area contributed by atoms with Crippen LogP contribution in [0.25, 0.3) is 0 Å². The minimum absolute atomic E-state index is 0.267. The molecule has 0 aliphatic carbocycles. The zero-order valence-corrected chi connectivity index (χ0v) is 16.0. The zero-order chi connectivity index (χ0) is 18.1. The van der Waals surface area contributed by atoms with Crippen LogP contribution in [0, 0.1) is 6.92 Å². The van der Waals surface area contributed by atoms with Crippen molar-refractivity contribution < 1.29 is 4.79 Å². The van der Waals surface area contributed by atoms with Gasteiger partial charge in [0.2, 0.25) is 5.91 Å². The monoisotopic (exact) mass is 372 g/mol. The van der Waals surface area contributed by atoms with Crippen molar-refractivity contribution in [1.82, 2.24) is 14.7 Å². The molecule has 2 saturated heterocycles. The lowest BCUT2D eigenvalue weighted by Gasteiger charge is -2.44. The Labute approximate surface area is 159 Å². The fourth-order valence-corrected chi connectivity index (χ4v) is 4.59. The molecule has 2 fully saturated rings. The van der Waals surface area contributed by atoms with Gasteiger partial charge in [-0.25, -0.2) is 0 Å². The third-order valence-corrected chi connectivity index (χ3v) is 5.98. The maximum absolute atomic E-state index is 13.5. The summed E-state index contributed by atoms with van der Waals surface area (Å²) in [4.78, 5) is 17.9. The number of carbonyl (C=O) groups excluding carboxylic acids is 1. The Kier molecular flexibility index (Phi) is 4.76. The van der Waals surface area contributed by atoms with Crippen molar-refractivity contribution >= 4 is 23.2 Å². The smallest absolute Gasteiger partial charge is 0.247 e. The maximum Gasteiger partial charge on any atom is 0.247 e. The topological polar surface area (TPSA) is 41.4 Å². The quantitative estimate of drug-likeness (QED) is 0.824. The van der Waals surface area contributed by atoms with Crippen LogP contribution in [-0.4, -0.2) is 45.8 Å². The molecule has 1 amide bonds. The normalized spacial score (nSPS) is 23.9. The Bertz CT molecular complexity index is 787. The molecular weight excluding hydrogens is 348 g/mol. The van der Waals surface area contributed by atoms with E-state index in [4.69, 9.17) is 11.6 Å². The highest BCUT2D eigenvalue weighted by atomic mass is 35.5. The second kappa shape index (κ2) is 7.05. The van der Waals surface area contributed by atoms with E-state index in [1.165, 1.54) is 5.56 Å². The van der Waals surface area contributed by atoms with Crippen molar-refractivity contribution in [3.05, 3.63) is 47.2 Å². The van der Waals surface area contributed by atoms with Crippen molar-refractivity contribution in [3.63, 3.8) is 0 Å². The van der Waals surface area contributed by atoms with Crippen molar-refractivity contribution in [2.75, 3.05) is 24.5 Å². The van der Waals surface area contributed by atoms with Crippen molar-refractivity contribution in [2.24, 2.45) is 0 Å². The molecule has 1 unspecified atom stereocenters. The second-order valence-electron chi connectivity index (χ2n) is 7.44. The Morgan fingerprint density at radius 1 is 1.12 bits per heavy atom. The SMILES string of the molecule is Cc1ccc(N2CCCC3(CCCN3CCn3cc(Cl)cn3)C2=O)cc1. The summed E-state index contributed by atoms with van der Waals surface area (Å²) in [5.41, 5.74) is 1.89. The molecule has 1 aromatic carbocycles. The number of piperidine rings is 1. The molecule has 4 rings (SSSR count). The van der Waals surface area contributed by atoms with Gasteiger partial charge in [0.25, 0.3) is 0 Å². The van der Waals surface area contributed by atoms with Crippen LogP contribution < -0.4 is 4.90 Å². The van der Waals surface area contributed by atoms with Crippen LogP contribution >= 0.6 is 11.6 Å². The molecule has 0 saturated carbocycles. The number of carbonyl (C=O) groups is 1. The minimum atomic E-state index is -0.347. The lowest BCUT2D eigenvalue weighted by atomic mass is 9.85. The number of hydrogen-bond acceptors (Lipinski definition) is 3. The Hall–Kier alpha value is -1.85. The molecule has 1 spiro atoms. The summed E-state index contributed by atoms with van der Waals surface area (Å²) < 4.78 is 1.86. The second-order valence-corrected chi connectivity index (χ2v) is 7.88. The third-order valence-electron chi connectivity index (χ3n) is 5.79. The summed E-state index contributed by atoms with van der Waals surface area (Å²) in [6.45, 7) is 5.44. The van der Waals surface area contributed by atoms with Crippen LogP contribution in [0.3, 0.4) is 0 Å². The van der Waals surface area contributed by atoms with Gasteiger partial charge in [0.1, 0.15) is 5.54 Å². The maximum atomic E-state index is 13.5. The van der Waals surface area contributed by atoms with Crippen LogP contribution in [-0.2, 0) is 11.3 Å². The first kappa shape index (κ1) is 17.6. The first-order valence-corrected chi connectivity index (χ1v) is 9.78. The van der Waals surface area contributed by atoms with E-state index in [-0.39, 0.29) is 11.4 Å². The van der Waals surface area contributed by atoms with Crippen LogP contribution in [0.2, 0.25) is 5.02 Å². The molecule has 0 radical (unpaired) electrons. The van der Waals surface area contributed by atoms with Gasteiger partial charge in [-0.05, 0) is 51.3 Å². The molecule has 2 aliphatic rings. The number of aromatic nitrogens is 2. The van der Waals surface area contributed by atoms with Crippen molar-refractivity contribution in [1.29, 1.82) is 0 Å². The first-order chi connectivity index (χ1) is 12.6. The molecular formula is C20H25ClN4O. The van der Waals surface area contributed by atoms with E-state index < -0.39 is 0 Å². The number of rotatable bonds is 4. The number of amides is 1. The first-order valence-electron chi connectivity index (χ1n) is 9.40. The van der Waals surface area contributed by atoms with Crippen LogP contribution in [0.4, 0.5) is 5.69 Å². The Balaban J connectivity index is 1.53. The molecule has 138 valence electrons. The fraction of sp³-hybridized carbons (Fsp3) is 0.500. The zero-order valence-electron chi connectivity index (χ0n) is 15.2. The predicted molar refractivity (Wildman–Crippen MR) is 104 cm³/mol. The number of nitrogens with zero attached hydrogens (tertiary/aromatic N) is 4. The summed E-state index contributed by atoms with van der Waals surface area (Å²) in [6.07, 6.45) is 7.52. The summed E-state index contributed by atoms with van der Waals surface area (Å²) in [6, 6.07) is 8.30. The number of aryl methyl sites for hydroxylation is 1. The number of anilines is 1. The van der Waals surface area contributed by atoms with Crippen LogP contribution in [0.15, 0.2) is 36.7 Å². The molecule has 0 N–H and O–H groups in total. The van der Waals surface area contributed by atoms with Gasteiger partial charge in [-0.1, -0.05) is 29.3 Å². The van der Waals surface area contributed by atoms with E-state index in [1.54, 1.807) is 6.20 Å². The molecule has 5 nitrogen and oxygen atoms in total. The molecule has 26 heavy (non-hydrogen) atoms. The van der Waals surface area contributed by atoms with Crippen molar-refractivity contribution in [2.45, 2.75) is 44.7 Å². The number of hydrogen-bond donors (Lipinski definition) is 0. The van der Waals surface area contributed by atoms with Crippen molar-refractivity contribution in [3.8, 4) is 0 Å². The lowest BCUT2D eigenvalue weighted by Crippen LogP contribution is -2.60.